The SMILES string of the molecule is CC(=O)O[C@@]12CO[C@@H]1C[C@H](O)[C@@]1(C)C(=O)[C@H](O)C3=C(C)[C@@H](OC(=O)[C@H](O)[C@@H](NC(=O)CCCCCCCNC(=O)c4ccc5c(c4)C4(OC5=O)c5ccc(N(C)C)cc5Oc5cc(N(C)C)ccc54)c4ccccc4)C[C@@](O)([C@@H](OC(=O)c4ccccc4)[C@H]21)C3(C)C. The first-order valence-electron chi connectivity index (χ1n) is 31.3. The Morgan fingerprint density at radius 1 is 0.750 bits per heavy atom. The van der Waals surface area contributed by atoms with Crippen molar-refractivity contribution in [3.63, 3.8) is 0 Å². The number of hydrogen-bond acceptors (Lipinski definition) is 19. The number of anilines is 2. The molecular formula is C71H80N4O17. The lowest BCUT2D eigenvalue weighted by Crippen LogP contribution is -2.81. The molecule has 0 radical (unpaired) electrons. The summed E-state index contributed by atoms with van der Waals surface area (Å²) in [6.45, 7) is 7.21. The Bertz CT molecular complexity index is 3720. The Morgan fingerprint density at radius 2 is 1.37 bits per heavy atom. The molecule has 5 aromatic carbocycles. The number of rotatable bonds is 19. The molecule has 3 heterocycles. The number of aliphatic hydroxyl groups excluding tert-OH is 3. The first-order chi connectivity index (χ1) is 43.7. The van der Waals surface area contributed by atoms with Crippen LogP contribution in [0.1, 0.15) is 145 Å². The summed E-state index contributed by atoms with van der Waals surface area (Å²) in [5.74, 6) is -5.68. The maximum Gasteiger partial charge on any atom is 0.340 e. The van der Waals surface area contributed by atoms with E-state index in [-0.39, 0.29) is 42.1 Å². The summed E-state index contributed by atoms with van der Waals surface area (Å²) in [6, 6.07) is 31.3. The van der Waals surface area contributed by atoms with Crippen molar-refractivity contribution in [2.45, 2.75) is 145 Å². The number of esters is 4. The highest BCUT2D eigenvalue weighted by Crippen LogP contribution is 2.65. The van der Waals surface area contributed by atoms with Crippen molar-refractivity contribution in [3.05, 3.63) is 165 Å². The number of carbonyl (C=O) groups is 7. The van der Waals surface area contributed by atoms with Gasteiger partial charge in [-0.05, 0) is 98.0 Å². The van der Waals surface area contributed by atoms with E-state index in [0.717, 1.165) is 31.1 Å². The van der Waals surface area contributed by atoms with E-state index >= 15 is 4.79 Å². The van der Waals surface area contributed by atoms with Gasteiger partial charge < -0.3 is 69.3 Å². The maximum absolute atomic E-state index is 15.2. The number of fused-ring (bicyclic) bond motifs is 11. The van der Waals surface area contributed by atoms with Gasteiger partial charge in [0.05, 0.1) is 41.2 Å². The zero-order valence-corrected chi connectivity index (χ0v) is 53.2. The molecule has 486 valence electrons. The predicted molar refractivity (Wildman–Crippen MR) is 336 cm³/mol. The van der Waals surface area contributed by atoms with Crippen LogP contribution in [0.25, 0.3) is 0 Å². The van der Waals surface area contributed by atoms with Gasteiger partial charge in [0.1, 0.15) is 41.5 Å². The van der Waals surface area contributed by atoms with Gasteiger partial charge in [-0.15, -0.1) is 0 Å². The first-order valence-corrected chi connectivity index (χ1v) is 31.3. The van der Waals surface area contributed by atoms with E-state index in [2.05, 4.69) is 10.6 Å². The normalized spacial score (nSPS) is 26.6. The van der Waals surface area contributed by atoms with Gasteiger partial charge in [0.2, 0.25) is 5.91 Å². The molecule has 92 heavy (non-hydrogen) atoms. The number of nitrogens with zero attached hydrogens (tertiary/aromatic N) is 2. The second-order valence-electron chi connectivity index (χ2n) is 26.4. The van der Waals surface area contributed by atoms with Gasteiger partial charge in [0.15, 0.2) is 23.1 Å². The van der Waals surface area contributed by atoms with E-state index in [0.29, 0.717) is 70.7 Å². The Hall–Kier alpha value is -8.47. The molecule has 3 aliphatic carbocycles. The largest absolute Gasteiger partial charge is 0.456 e. The van der Waals surface area contributed by atoms with Gasteiger partial charge in [-0.3, -0.25) is 19.2 Å². The number of hydrogen-bond donors (Lipinski definition) is 6. The van der Waals surface area contributed by atoms with Crippen LogP contribution in [0.5, 0.6) is 11.5 Å². The van der Waals surface area contributed by atoms with Crippen LogP contribution in [0, 0.1) is 16.7 Å². The summed E-state index contributed by atoms with van der Waals surface area (Å²) >= 11 is 0. The van der Waals surface area contributed by atoms with Crippen LogP contribution in [0.2, 0.25) is 0 Å². The van der Waals surface area contributed by atoms with Gasteiger partial charge in [-0.25, -0.2) is 14.4 Å². The molecule has 11 rings (SSSR count). The Labute approximate surface area is 534 Å². The van der Waals surface area contributed by atoms with Gasteiger partial charge >= 0.3 is 23.9 Å². The van der Waals surface area contributed by atoms with Crippen LogP contribution in [-0.2, 0) is 48.5 Å². The Morgan fingerprint density at radius 3 is 1.98 bits per heavy atom. The number of benzene rings is 5. The number of unbranched alkanes of at least 4 members (excludes halogenated alkanes) is 4. The summed E-state index contributed by atoms with van der Waals surface area (Å²) in [5.41, 5.74) is -4.47. The third kappa shape index (κ3) is 11.0. The van der Waals surface area contributed by atoms with E-state index in [1.165, 1.54) is 26.0 Å². The van der Waals surface area contributed by atoms with E-state index < -0.39 is 118 Å². The number of ketones is 1. The minimum atomic E-state index is -2.39. The number of amides is 2. The molecule has 2 bridgehead atoms. The van der Waals surface area contributed by atoms with Gasteiger partial charge in [-0.2, -0.15) is 0 Å². The van der Waals surface area contributed by atoms with Crippen LogP contribution < -0.4 is 25.2 Å². The second kappa shape index (κ2) is 24.9. The van der Waals surface area contributed by atoms with Crippen molar-refractivity contribution in [3.8, 4) is 11.5 Å². The fraction of sp³-hybridized carbons (Fsp3) is 0.451. The zero-order chi connectivity index (χ0) is 66.0. The van der Waals surface area contributed by atoms with Gasteiger partial charge in [-0.1, -0.05) is 81.6 Å². The number of carbonyl (C=O) groups excluding carboxylic acids is 7. The zero-order valence-electron chi connectivity index (χ0n) is 53.2. The van der Waals surface area contributed by atoms with Crippen LogP contribution in [0.15, 0.2) is 126 Å². The third-order valence-electron chi connectivity index (χ3n) is 20.1. The molecule has 3 fully saturated rings. The van der Waals surface area contributed by atoms with Crippen molar-refractivity contribution >= 4 is 52.8 Å². The van der Waals surface area contributed by atoms with Crippen LogP contribution in [-0.4, -0.2) is 151 Å². The number of ether oxygens (including phenoxy) is 6. The summed E-state index contributed by atoms with van der Waals surface area (Å²) < 4.78 is 37.4. The number of nitrogens with one attached hydrogen (secondary N) is 2. The van der Waals surface area contributed by atoms with Crippen molar-refractivity contribution < 1.29 is 82.4 Å². The summed E-state index contributed by atoms with van der Waals surface area (Å²) in [4.78, 5) is 102. The fourth-order valence-corrected chi connectivity index (χ4v) is 15.0. The average molecular weight is 1260 g/mol. The topological polar surface area (TPSA) is 286 Å². The molecule has 2 amide bonds. The first kappa shape index (κ1) is 65.0. The van der Waals surface area contributed by atoms with E-state index in [9.17, 15) is 49.2 Å². The van der Waals surface area contributed by atoms with Gasteiger partial charge in [0.25, 0.3) is 5.91 Å². The Kier molecular flexibility index (Phi) is 17.6. The second-order valence-corrected chi connectivity index (χ2v) is 26.4. The molecule has 0 aromatic heterocycles. The predicted octanol–water partition coefficient (Wildman–Crippen LogP) is 7.32. The average Bonchev–Trinajstić information content (AvgIpc) is 0.713. The highest BCUT2D eigenvalue weighted by atomic mass is 16.6. The molecule has 1 spiro atoms. The summed E-state index contributed by atoms with van der Waals surface area (Å²) in [6.07, 6.45) is -7.56. The lowest BCUT2D eigenvalue weighted by atomic mass is 9.44. The number of Topliss-reactive ketones (excluding diaryl/α,β-unsaturated/α-hetero) is 1. The number of aliphatic hydroxyl groups is 4. The molecule has 2 saturated carbocycles. The highest BCUT2D eigenvalue weighted by molar-refractivity contribution is 6.01. The Balaban J connectivity index is 0.745. The van der Waals surface area contributed by atoms with Crippen molar-refractivity contribution in [1.29, 1.82) is 0 Å². The summed E-state index contributed by atoms with van der Waals surface area (Å²) in [7, 11) is 7.71. The van der Waals surface area contributed by atoms with Crippen molar-refractivity contribution in [2.24, 2.45) is 16.7 Å². The molecule has 3 aliphatic heterocycles. The third-order valence-corrected chi connectivity index (χ3v) is 20.1. The standard InChI is InChI=1S/C71H80N4O17/c1-39-52(37-70(86)62(90-64(83)42-23-17-14-18-24-42)60-68(5,61(81)58(79)56(39)67(70,3)4)53(77)36-54-69(60,38-87-54)91-40(2)76)89-66(85)59(80)57(41-21-15-13-16-22-41)73-55(78)25-19-11-10-12-20-32-72-63(82)43-26-29-46-49(33-43)71(92-65(46)84)47-30-27-44(74(6)7)34-50(47)88-51-35-45(75(8)9)28-31-48(51)71/h13-18,21-24,26-31,33-35,52-54,57-60,62,77,79-80,86H,10-12,19-20,25,32,36-38H2,1-9H3,(H,72,82)(H,73,78)/t52-,53-,54+,57-,58+,59+,60-,62-,68+,69-,70+/m0/s1. The highest BCUT2D eigenvalue weighted by Gasteiger charge is 2.78. The van der Waals surface area contributed by atoms with Crippen LogP contribution in [0.3, 0.4) is 0 Å². The molecule has 0 unspecified atom stereocenters. The van der Waals surface area contributed by atoms with Crippen LogP contribution in [0.4, 0.5) is 11.4 Å². The van der Waals surface area contributed by atoms with Crippen molar-refractivity contribution in [2.75, 3.05) is 51.1 Å². The molecule has 11 atom stereocenters. The molecule has 21 nitrogen and oxygen atoms in total. The summed E-state index contributed by atoms with van der Waals surface area (Å²) in [5, 5.41) is 56.0. The molecule has 6 N–H and O–H groups in total. The van der Waals surface area contributed by atoms with Crippen molar-refractivity contribution in [1.82, 2.24) is 10.6 Å². The minimum Gasteiger partial charge on any atom is -0.456 e. The fourth-order valence-electron chi connectivity index (χ4n) is 15.0. The quantitative estimate of drug-likeness (QED) is 0.0204. The maximum atomic E-state index is 15.2. The molecule has 21 heteroatoms. The monoisotopic (exact) mass is 1260 g/mol. The lowest BCUT2D eigenvalue weighted by molar-refractivity contribution is -0.346. The van der Waals surface area contributed by atoms with E-state index in [4.69, 9.17) is 28.4 Å². The molecule has 5 aromatic rings. The minimum absolute atomic E-state index is 0.0308. The van der Waals surface area contributed by atoms with Gasteiger partial charge in [0, 0.05) is 112 Å². The molecule has 6 aliphatic rings. The van der Waals surface area contributed by atoms with E-state index in [1.54, 1.807) is 80.6 Å². The van der Waals surface area contributed by atoms with E-state index in [1.807, 2.05) is 74.4 Å². The lowest BCUT2D eigenvalue weighted by Gasteiger charge is -2.67. The van der Waals surface area contributed by atoms with Crippen LogP contribution >= 0.6 is 0 Å². The smallest absolute Gasteiger partial charge is 0.340 e. The molecule has 1 saturated heterocycles. The molecular weight excluding hydrogens is 1180 g/mol.